The van der Waals surface area contributed by atoms with E-state index in [0.29, 0.717) is 0 Å². The molecular weight excluding hydrogens is 549 g/mol. The summed E-state index contributed by atoms with van der Waals surface area (Å²) in [5.74, 6) is -0.264. The summed E-state index contributed by atoms with van der Waals surface area (Å²) >= 11 is 0. The normalized spacial score (nSPS) is 28.9. The summed E-state index contributed by atoms with van der Waals surface area (Å²) in [5, 5.41) is 21.2. The lowest BCUT2D eigenvalue weighted by Crippen LogP contribution is -2.44. The summed E-state index contributed by atoms with van der Waals surface area (Å²) < 4.78 is 52.9. The van der Waals surface area contributed by atoms with E-state index >= 15 is 0 Å². The molecule has 2 aromatic rings. The Labute approximate surface area is 195 Å². The zero-order chi connectivity index (χ0) is 25.0. The Morgan fingerprint density at radius 3 is 2.50 bits per heavy atom. The quantitative estimate of drug-likeness (QED) is 0.161. The van der Waals surface area contributed by atoms with Crippen LogP contribution in [0.15, 0.2) is 11.1 Å². The van der Waals surface area contributed by atoms with Crippen LogP contribution in [0.4, 0.5) is 5.95 Å². The summed E-state index contributed by atoms with van der Waals surface area (Å²) in [7, 11) is -16.1. The van der Waals surface area contributed by atoms with Crippen LogP contribution < -0.4 is 16.8 Å². The average Bonchev–Trinajstić information content (AvgIpc) is 3.10. The molecule has 1 aliphatic rings. The van der Waals surface area contributed by atoms with Crippen LogP contribution in [0.1, 0.15) is 13.2 Å². The summed E-state index contributed by atoms with van der Waals surface area (Å²) in [5.41, 5.74) is 7.63. The van der Waals surface area contributed by atoms with E-state index in [1.165, 1.54) is 0 Å². The molecule has 194 valence electrons. The lowest BCUT2D eigenvalue weighted by atomic mass is 9.96. The molecule has 0 saturated carbocycles. The highest BCUT2D eigenvalue weighted by Crippen LogP contribution is 2.65. The number of anilines is 1. The van der Waals surface area contributed by atoms with E-state index in [1.807, 2.05) is 0 Å². The van der Waals surface area contributed by atoms with Crippen LogP contribution in [0.3, 0.4) is 0 Å². The fraction of sp³-hybridized carbons (Fsp3) is 0.545. The molecule has 3 rings (SSSR count). The van der Waals surface area contributed by atoms with E-state index < -0.39 is 59.6 Å². The maximum atomic E-state index is 12.1. The minimum absolute atomic E-state index is 0. The number of nitrogens with zero attached hydrogens (tertiary/aromatic N) is 3. The number of hydrogen-bond donors (Lipinski definition) is 8. The third kappa shape index (κ3) is 6.31. The van der Waals surface area contributed by atoms with E-state index in [1.54, 1.807) is 0 Å². The Hall–Kier alpha value is -1.21. The van der Waals surface area contributed by atoms with E-state index in [2.05, 4.69) is 28.1 Å². The van der Waals surface area contributed by atoms with E-state index in [0.717, 1.165) is 17.8 Å². The third-order valence-corrected chi connectivity index (χ3v) is 8.22. The second kappa shape index (κ2) is 9.68. The fourth-order valence-electron chi connectivity index (χ4n) is 2.99. The number of nitrogens with one attached hydrogen (secondary N) is 1. The van der Waals surface area contributed by atoms with Gasteiger partial charge in [0.1, 0.15) is 17.8 Å². The van der Waals surface area contributed by atoms with Crippen molar-refractivity contribution in [2.24, 2.45) is 5.50 Å². The molecule has 2 unspecified atom stereocenters. The number of aromatic amines is 1. The van der Waals surface area contributed by atoms with Crippen LogP contribution in [0.25, 0.3) is 11.2 Å². The van der Waals surface area contributed by atoms with Crippen molar-refractivity contribution in [3.05, 3.63) is 16.7 Å². The fourth-order valence-corrected chi connectivity index (χ4v) is 6.14. The Bertz CT molecular complexity index is 1260. The van der Waals surface area contributed by atoms with Gasteiger partial charge >= 0.3 is 23.4 Å². The topological polar surface area (TPSA) is 305 Å². The summed E-state index contributed by atoms with van der Waals surface area (Å²) in [6.45, 7) is 0.249. The molecule has 1 fully saturated rings. The van der Waals surface area contributed by atoms with Crippen LogP contribution in [0, 0.1) is 0 Å². The number of nitrogens with two attached hydrogens (primary N) is 2. The van der Waals surface area contributed by atoms with Crippen LogP contribution in [0.5, 0.6) is 0 Å². The second-order valence-corrected chi connectivity index (χ2v) is 11.5. The standard InChI is InChI=1S/C11H19N6O13P3.H2S/c1-11(20)6(18)4(2-27-31(13,21)29-33(25,26)30-32(22,23)24)28-9(11)17-3-14-5-7(17)15-10(12)16-8(5)19;/h3-4,6,9,18,20H,2H2,1H3,(H2,13,21)(H,25,26)(H2,22,23,24)(H3,12,15,16,19);1H2/t4-,6-,9-,11-,31?;/m1./s1. The number of aromatic nitrogens is 4. The molecule has 0 aliphatic carbocycles. The van der Waals surface area contributed by atoms with Gasteiger partial charge in [-0.15, -0.1) is 0 Å². The molecule has 3 heterocycles. The summed E-state index contributed by atoms with van der Waals surface area (Å²) in [6.07, 6.45) is -3.57. The van der Waals surface area contributed by atoms with Gasteiger partial charge in [0, 0.05) is 0 Å². The molecule has 6 atom stereocenters. The predicted molar refractivity (Wildman–Crippen MR) is 115 cm³/mol. The lowest BCUT2D eigenvalue weighted by molar-refractivity contribution is -0.0948. The number of imidazole rings is 1. The van der Waals surface area contributed by atoms with E-state index in [4.69, 9.17) is 25.8 Å². The van der Waals surface area contributed by atoms with Crippen molar-refractivity contribution >= 4 is 54.0 Å². The number of ether oxygens (including phenoxy) is 1. The second-order valence-electron chi connectivity index (χ2n) is 6.93. The monoisotopic (exact) mass is 570 g/mol. The molecule has 23 heteroatoms. The molecule has 10 N–H and O–H groups in total. The molecule has 34 heavy (non-hydrogen) atoms. The number of H-pyrrole nitrogens is 1. The van der Waals surface area contributed by atoms with Crippen molar-refractivity contribution in [1.29, 1.82) is 0 Å². The van der Waals surface area contributed by atoms with Crippen molar-refractivity contribution in [3.63, 3.8) is 0 Å². The van der Waals surface area contributed by atoms with Crippen LogP contribution in [-0.4, -0.2) is 68.8 Å². The molecule has 0 aromatic carbocycles. The molecular formula is C11H21N6O13P3S. The first-order valence-corrected chi connectivity index (χ1v) is 13.2. The molecule has 1 saturated heterocycles. The predicted octanol–water partition coefficient (Wildman–Crippen LogP) is -1.87. The number of rotatable bonds is 8. The Morgan fingerprint density at radius 2 is 1.91 bits per heavy atom. The van der Waals surface area contributed by atoms with Crippen molar-refractivity contribution in [2.45, 2.75) is 31.0 Å². The van der Waals surface area contributed by atoms with Gasteiger partial charge < -0.3 is 35.4 Å². The van der Waals surface area contributed by atoms with Crippen LogP contribution in [-0.2, 0) is 31.6 Å². The Morgan fingerprint density at radius 1 is 1.29 bits per heavy atom. The number of fused-ring (bicyclic) bond motifs is 1. The first kappa shape index (κ1) is 29.0. The average molecular weight is 570 g/mol. The Kier molecular flexibility index (Phi) is 8.27. The van der Waals surface area contributed by atoms with Gasteiger partial charge in [-0.05, 0) is 6.92 Å². The summed E-state index contributed by atoms with van der Waals surface area (Å²) in [6, 6.07) is 0. The molecule has 0 radical (unpaired) electrons. The van der Waals surface area contributed by atoms with Crippen molar-refractivity contribution in [3.8, 4) is 0 Å². The minimum Gasteiger partial charge on any atom is -0.387 e. The van der Waals surface area contributed by atoms with Gasteiger partial charge in [-0.2, -0.15) is 27.1 Å². The van der Waals surface area contributed by atoms with Gasteiger partial charge in [-0.1, -0.05) is 0 Å². The number of aliphatic hydroxyl groups is 2. The van der Waals surface area contributed by atoms with Gasteiger partial charge in [0.05, 0.1) is 12.9 Å². The van der Waals surface area contributed by atoms with Crippen LogP contribution in [0.2, 0.25) is 0 Å². The van der Waals surface area contributed by atoms with Gasteiger partial charge in [0.2, 0.25) is 5.95 Å². The highest BCUT2D eigenvalue weighted by atomic mass is 32.1. The molecule has 1 aliphatic heterocycles. The summed E-state index contributed by atoms with van der Waals surface area (Å²) in [4.78, 5) is 48.3. The molecule has 0 amide bonds. The SMILES string of the molecule is C[C@@]1(O)[C@H](O)[C@@H](COP(N)(=O)OP(=O)(O)OP(=O)(O)O)O[C@H]1n1cnc2c(=O)[nH]c(N)nc21.S. The largest absolute Gasteiger partial charge is 0.489 e. The highest BCUT2D eigenvalue weighted by Gasteiger charge is 2.54. The number of phosphoric acid groups is 2. The zero-order valence-corrected chi connectivity index (χ0v) is 20.5. The molecule has 19 nitrogen and oxygen atoms in total. The van der Waals surface area contributed by atoms with Crippen molar-refractivity contribution in [1.82, 2.24) is 19.5 Å². The maximum Gasteiger partial charge on any atom is 0.489 e. The van der Waals surface area contributed by atoms with Gasteiger partial charge in [0.25, 0.3) is 5.56 Å². The Balaban J connectivity index is 0.00000408. The smallest absolute Gasteiger partial charge is 0.387 e. The van der Waals surface area contributed by atoms with Gasteiger partial charge in [0.15, 0.2) is 17.4 Å². The number of aliphatic hydroxyl groups excluding tert-OH is 1. The first-order chi connectivity index (χ1) is 14.9. The highest BCUT2D eigenvalue weighted by molar-refractivity contribution is 7.67. The molecule has 2 aromatic heterocycles. The van der Waals surface area contributed by atoms with Gasteiger partial charge in [-0.25, -0.2) is 24.2 Å². The lowest BCUT2D eigenvalue weighted by Gasteiger charge is -2.27. The van der Waals surface area contributed by atoms with Crippen molar-refractivity contribution in [2.75, 3.05) is 12.3 Å². The van der Waals surface area contributed by atoms with Crippen molar-refractivity contribution < 1.29 is 56.5 Å². The van der Waals surface area contributed by atoms with E-state index in [9.17, 15) is 33.6 Å². The van der Waals surface area contributed by atoms with Gasteiger partial charge in [-0.3, -0.25) is 18.9 Å². The van der Waals surface area contributed by atoms with E-state index in [-0.39, 0.29) is 30.6 Å². The minimum atomic E-state index is -5.62. The zero-order valence-electron chi connectivity index (χ0n) is 16.9. The molecule has 0 bridgehead atoms. The number of nitrogen functional groups attached to an aromatic ring is 1. The third-order valence-electron chi connectivity index (χ3n) is 4.30. The maximum absolute atomic E-state index is 12.1. The number of hydrogen-bond acceptors (Lipinski definition) is 13. The molecule has 0 spiro atoms. The first-order valence-electron chi connectivity index (χ1n) is 8.54. The van der Waals surface area contributed by atoms with Crippen LogP contribution >= 0.6 is 36.9 Å².